The smallest absolute Gasteiger partial charge is 0.328 e. The molecular formula is C13H14ClNO5. The number of nitrogens with zero attached hydrogens (tertiary/aromatic N) is 1. The summed E-state index contributed by atoms with van der Waals surface area (Å²) in [6.07, 6.45) is -0.625. The average molecular weight is 300 g/mol. The molecule has 0 aliphatic carbocycles. The Bertz CT molecular complexity index is 548. The molecule has 2 N–H and O–H groups in total. The van der Waals surface area contributed by atoms with Crippen molar-refractivity contribution >= 4 is 23.5 Å². The molecule has 108 valence electrons. The van der Waals surface area contributed by atoms with E-state index in [0.717, 1.165) is 0 Å². The van der Waals surface area contributed by atoms with Gasteiger partial charge in [0.2, 0.25) is 0 Å². The van der Waals surface area contributed by atoms with Crippen LogP contribution in [0.4, 0.5) is 0 Å². The summed E-state index contributed by atoms with van der Waals surface area (Å²) in [5, 5.41) is 19.0. The molecule has 2 atom stereocenters. The summed E-state index contributed by atoms with van der Waals surface area (Å²) in [5.74, 6) is -1.15. The maximum atomic E-state index is 12.4. The highest BCUT2D eigenvalue weighted by Crippen LogP contribution is 2.27. The number of carbonyl (C=O) groups excluding carboxylic acids is 2. The largest absolute Gasteiger partial charge is 0.506 e. The third-order valence-electron chi connectivity index (χ3n) is 3.21. The average Bonchev–Trinajstić information content (AvgIpc) is 2.82. The molecule has 1 heterocycles. The van der Waals surface area contributed by atoms with E-state index in [0.29, 0.717) is 0 Å². The summed E-state index contributed by atoms with van der Waals surface area (Å²) in [4.78, 5) is 25.2. The van der Waals surface area contributed by atoms with Crippen molar-refractivity contribution in [1.29, 1.82) is 0 Å². The van der Waals surface area contributed by atoms with Crippen molar-refractivity contribution in [3.05, 3.63) is 28.8 Å². The Kier molecular flexibility index (Phi) is 4.15. The van der Waals surface area contributed by atoms with Gasteiger partial charge in [-0.25, -0.2) is 4.79 Å². The number of aliphatic hydroxyl groups is 1. The van der Waals surface area contributed by atoms with Crippen LogP contribution in [0.2, 0.25) is 5.02 Å². The number of phenolic OH excluding ortho intramolecular Hbond substituents is 1. The number of methoxy groups -OCH3 is 1. The van der Waals surface area contributed by atoms with Gasteiger partial charge in [-0.05, 0) is 18.2 Å². The van der Waals surface area contributed by atoms with E-state index in [4.69, 9.17) is 11.6 Å². The number of aliphatic hydroxyl groups excluding tert-OH is 1. The number of esters is 1. The molecule has 0 radical (unpaired) electrons. The molecule has 0 saturated carbocycles. The van der Waals surface area contributed by atoms with Gasteiger partial charge in [0.25, 0.3) is 5.91 Å². The third-order valence-corrected chi connectivity index (χ3v) is 3.51. The number of β-amino-alcohol motifs (C(OH)–C–C–N with tert-alkyl or cyclic N) is 1. The zero-order valence-corrected chi connectivity index (χ0v) is 11.5. The molecular weight excluding hydrogens is 286 g/mol. The molecule has 1 aromatic rings. The summed E-state index contributed by atoms with van der Waals surface area (Å²) in [7, 11) is 1.23. The standard InChI is InChI=1S/C13H14ClNO5/c1-20-13(19)10-5-8(16)6-15(10)12(18)7-2-3-11(17)9(14)4-7/h2-4,8,10,16-17H,5-6H2,1H3. The fourth-order valence-electron chi connectivity index (χ4n) is 2.20. The van der Waals surface area contributed by atoms with Gasteiger partial charge in [0.05, 0.1) is 18.2 Å². The third kappa shape index (κ3) is 2.71. The first-order valence-electron chi connectivity index (χ1n) is 5.99. The van der Waals surface area contributed by atoms with Crippen LogP contribution >= 0.6 is 11.6 Å². The SMILES string of the molecule is COC(=O)C1CC(O)CN1C(=O)c1ccc(O)c(Cl)c1. The van der Waals surface area contributed by atoms with Crippen LogP contribution in [0.25, 0.3) is 0 Å². The van der Waals surface area contributed by atoms with Crippen molar-refractivity contribution in [2.75, 3.05) is 13.7 Å². The van der Waals surface area contributed by atoms with Gasteiger partial charge in [-0.15, -0.1) is 0 Å². The minimum atomic E-state index is -0.810. The maximum absolute atomic E-state index is 12.4. The van der Waals surface area contributed by atoms with Gasteiger partial charge in [0.15, 0.2) is 0 Å². The highest BCUT2D eigenvalue weighted by Gasteiger charge is 2.39. The molecule has 1 saturated heterocycles. The molecule has 6 nitrogen and oxygen atoms in total. The molecule has 1 aliphatic rings. The van der Waals surface area contributed by atoms with Gasteiger partial charge in [0.1, 0.15) is 11.8 Å². The van der Waals surface area contributed by atoms with Crippen molar-refractivity contribution in [3.8, 4) is 5.75 Å². The van der Waals surface area contributed by atoms with Crippen molar-refractivity contribution in [2.24, 2.45) is 0 Å². The van der Waals surface area contributed by atoms with Gasteiger partial charge >= 0.3 is 5.97 Å². The minimum absolute atomic E-state index is 0.0465. The molecule has 1 aliphatic heterocycles. The lowest BCUT2D eigenvalue weighted by Gasteiger charge is -2.22. The second kappa shape index (κ2) is 5.68. The maximum Gasteiger partial charge on any atom is 0.328 e. The van der Waals surface area contributed by atoms with Gasteiger partial charge in [-0.1, -0.05) is 11.6 Å². The van der Waals surface area contributed by atoms with Crippen LogP contribution < -0.4 is 0 Å². The first-order valence-corrected chi connectivity index (χ1v) is 6.37. The van der Waals surface area contributed by atoms with Crippen molar-refractivity contribution in [2.45, 2.75) is 18.6 Å². The highest BCUT2D eigenvalue weighted by atomic mass is 35.5. The number of rotatable bonds is 2. The number of benzene rings is 1. The molecule has 2 rings (SSSR count). The quantitative estimate of drug-likeness (QED) is 0.789. The number of hydrogen-bond donors (Lipinski definition) is 2. The van der Waals surface area contributed by atoms with E-state index in [1.54, 1.807) is 0 Å². The number of halogens is 1. The predicted molar refractivity (Wildman–Crippen MR) is 70.6 cm³/mol. The number of ether oxygens (including phenoxy) is 1. The normalized spacial score (nSPS) is 21.9. The van der Waals surface area contributed by atoms with Crippen molar-refractivity contribution in [1.82, 2.24) is 4.90 Å². The Morgan fingerprint density at radius 2 is 2.15 bits per heavy atom. The molecule has 2 unspecified atom stereocenters. The Balaban J connectivity index is 2.26. The molecule has 1 fully saturated rings. The summed E-state index contributed by atoms with van der Waals surface area (Å²) >= 11 is 5.76. The second-order valence-corrected chi connectivity index (χ2v) is 4.96. The number of amides is 1. The molecule has 7 heteroatoms. The Hall–Kier alpha value is -1.79. The van der Waals surface area contributed by atoms with Gasteiger partial charge < -0.3 is 19.8 Å². The van der Waals surface area contributed by atoms with Crippen LogP contribution in [0.3, 0.4) is 0 Å². The van der Waals surface area contributed by atoms with E-state index < -0.39 is 24.0 Å². The van der Waals surface area contributed by atoms with E-state index in [-0.39, 0.29) is 29.3 Å². The van der Waals surface area contributed by atoms with E-state index in [2.05, 4.69) is 4.74 Å². The molecule has 1 amide bonds. The monoisotopic (exact) mass is 299 g/mol. The van der Waals surface area contributed by atoms with Gasteiger partial charge in [0, 0.05) is 18.5 Å². The first-order chi connectivity index (χ1) is 9.43. The van der Waals surface area contributed by atoms with E-state index in [1.807, 2.05) is 0 Å². The number of phenols is 1. The summed E-state index contributed by atoms with van der Waals surface area (Å²) in [5.41, 5.74) is 0.232. The Labute approximate surface area is 120 Å². The zero-order chi connectivity index (χ0) is 14.9. The summed E-state index contributed by atoms with van der Waals surface area (Å²) < 4.78 is 4.63. The van der Waals surface area contributed by atoms with Crippen LogP contribution in [0.1, 0.15) is 16.8 Å². The van der Waals surface area contributed by atoms with Crippen LogP contribution in [0.15, 0.2) is 18.2 Å². The fourth-order valence-corrected chi connectivity index (χ4v) is 2.38. The van der Waals surface area contributed by atoms with Crippen LogP contribution in [-0.4, -0.2) is 52.8 Å². The molecule has 1 aromatic carbocycles. The topological polar surface area (TPSA) is 87.1 Å². The molecule has 0 aromatic heterocycles. The second-order valence-electron chi connectivity index (χ2n) is 4.55. The Morgan fingerprint density at radius 3 is 2.75 bits per heavy atom. The van der Waals surface area contributed by atoms with Crippen molar-refractivity contribution < 1.29 is 24.5 Å². The number of aromatic hydroxyl groups is 1. The summed E-state index contributed by atoms with van der Waals surface area (Å²) in [6, 6.07) is 3.21. The lowest BCUT2D eigenvalue weighted by atomic mass is 10.1. The fraction of sp³-hybridized carbons (Fsp3) is 0.385. The van der Waals surface area contributed by atoms with Crippen LogP contribution in [0.5, 0.6) is 5.75 Å². The van der Waals surface area contributed by atoms with Crippen LogP contribution in [0, 0.1) is 0 Å². The lowest BCUT2D eigenvalue weighted by Crippen LogP contribution is -2.41. The van der Waals surface area contributed by atoms with Gasteiger partial charge in [-0.3, -0.25) is 4.79 Å². The number of hydrogen-bond acceptors (Lipinski definition) is 5. The highest BCUT2D eigenvalue weighted by molar-refractivity contribution is 6.32. The van der Waals surface area contributed by atoms with E-state index in [9.17, 15) is 19.8 Å². The minimum Gasteiger partial charge on any atom is -0.506 e. The first kappa shape index (κ1) is 14.6. The molecule has 0 bridgehead atoms. The lowest BCUT2D eigenvalue weighted by molar-refractivity contribution is -0.145. The zero-order valence-electron chi connectivity index (χ0n) is 10.7. The number of likely N-dealkylation sites (tertiary alicyclic amines) is 1. The molecule has 20 heavy (non-hydrogen) atoms. The number of carbonyl (C=O) groups is 2. The predicted octanol–water partition coefficient (Wildman–Crippen LogP) is 0.794. The van der Waals surface area contributed by atoms with Crippen molar-refractivity contribution in [3.63, 3.8) is 0 Å². The van der Waals surface area contributed by atoms with E-state index in [1.165, 1.54) is 30.2 Å². The molecule has 0 spiro atoms. The van der Waals surface area contributed by atoms with Gasteiger partial charge in [-0.2, -0.15) is 0 Å². The van der Waals surface area contributed by atoms with E-state index >= 15 is 0 Å². The Morgan fingerprint density at radius 1 is 1.45 bits per heavy atom. The summed E-state index contributed by atoms with van der Waals surface area (Å²) in [6.45, 7) is 0.0527. The van der Waals surface area contributed by atoms with Crippen LogP contribution in [-0.2, 0) is 9.53 Å².